The Labute approximate surface area is 150 Å². The molecule has 1 aliphatic rings. The molecule has 0 spiro atoms. The van der Waals surface area contributed by atoms with Crippen LogP contribution >= 0.6 is 15.9 Å². The lowest BCUT2D eigenvalue weighted by Gasteiger charge is -2.47. The molecule has 1 saturated carbocycles. The van der Waals surface area contributed by atoms with Crippen molar-refractivity contribution in [1.82, 2.24) is 9.80 Å². The number of hydrogen-bond acceptors (Lipinski definition) is 2. The van der Waals surface area contributed by atoms with Crippen molar-refractivity contribution in [3.05, 3.63) is 47.0 Å². The predicted molar refractivity (Wildman–Crippen MR) is 104 cm³/mol. The van der Waals surface area contributed by atoms with Gasteiger partial charge in [0.25, 0.3) is 0 Å². The molecule has 2 nitrogen and oxygen atoms in total. The largest absolute Gasteiger partial charge is 0.300 e. The van der Waals surface area contributed by atoms with Crippen molar-refractivity contribution in [2.24, 2.45) is 0 Å². The Morgan fingerprint density at radius 2 is 1.83 bits per heavy atom. The summed E-state index contributed by atoms with van der Waals surface area (Å²) in [6.07, 6.45) is 8.26. The van der Waals surface area contributed by atoms with Gasteiger partial charge in [0.2, 0.25) is 0 Å². The average molecular weight is 379 g/mol. The molecule has 0 saturated heterocycles. The van der Waals surface area contributed by atoms with Crippen molar-refractivity contribution in [2.45, 2.75) is 50.6 Å². The lowest BCUT2D eigenvalue weighted by atomic mass is 9.73. The van der Waals surface area contributed by atoms with Crippen LogP contribution in [0, 0.1) is 0 Å². The molecule has 0 aromatic heterocycles. The van der Waals surface area contributed by atoms with Gasteiger partial charge < -0.3 is 0 Å². The summed E-state index contributed by atoms with van der Waals surface area (Å²) in [6, 6.07) is 9.63. The highest BCUT2D eigenvalue weighted by Crippen LogP contribution is 2.42. The molecule has 128 valence electrons. The first-order chi connectivity index (χ1) is 11.0. The van der Waals surface area contributed by atoms with Crippen LogP contribution in [0.5, 0.6) is 0 Å². The number of rotatable bonds is 7. The maximum Gasteiger partial charge on any atom is 0.0455 e. The Bertz CT molecular complexity index is 487. The van der Waals surface area contributed by atoms with Crippen LogP contribution in [0.4, 0.5) is 0 Å². The SMILES string of the molecule is C=CCN(CCC)C1CCC(c2ccc(Br)cc2)(N(C)C)CC1. The lowest BCUT2D eigenvalue weighted by Crippen LogP contribution is -2.49. The molecule has 0 unspecified atom stereocenters. The molecule has 0 heterocycles. The Hall–Kier alpha value is -0.640. The van der Waals surface area contributed by atoms with E-state index in [1.54, 1.807) is 0 Å². The summed E-state index contributed by atoms with van der Waals surface area (Å²) in [5.41, 5.74) is 1.64. The van der Waals surface area contributed by atoms with Crippen molar-refractivity contribution in [1.29, 1.82) is 0 Å². The van der Waals surface area contributed by atoms with Crippen molar-refractivity contribution in [2.75, 3.05) is 27.2 Å². The molecular formula is C20H31BrN2. The molecule has 1 aromatic carbocycles. The zero-order chi connectivity index (χ0) is 16.9. The molecule has 0 atom stereocenters. The fraction of sp³-hybridized carbons (Fsp3) is 0.600. The highest BCUT2D eigenvalue weighted by atomic mass is 79.9. The summed E-state index contributed by atoms with van der Waals surface area (Å²) in [7, 11) is 4.46. The highest BCUT2D eigenvalue weighted by molar-refractivity contribution is 9.10. The monoisotopic (exact) mass is 378 g/mol. The van der Waals surface area contributed by atoms with Crippen molar-refractivity contribution < 1.29 is 0 Å². The first-order valence-corrected chi connectivity index (χ1v) is 9.61. The van der Waals surface area contributed by atoms with Crippen LogP contribution in [0.25, 0.3) is 0 Å². The number of nitrogens with zero attached hydrogens (tertiary/aromatic N) is 2. The van der Waals surface area contributed by atoms with E-state index < -0.39 is 0 Å². The Morgan fingerprint density at radius 3 is 2.30 bits per heavy atom. The minimum absolute atomic E-state index is 0.184. The summed E-state index contributed by atoms with van der Waals surface area (Å²) in [5.74, 6) is 0. The van der Waals surface area contributed by atoms with Crippen LogP contribution in [0.2, 0.25) is 0 Å². The fourth-order valence-corrected chi connectivity index (χ4v) is 4.34. The molecule has 1 fully saturated rings. The molecule has 0 N–H and O–H groups in total. The first-order valence-electron chi connectivity index (χ1n) is 8.82. The molecule has 0 bridgehead atoms. The third-order valence-electron chi connectivity index (χ3n) is 5.41. The molecule has 0 radical (unpaired) electrons. The van der Waals surface area contributed by atoms with Gasteiger partial charge in [-0.05, 0) is 70.4 Å². The van der Waals surface area contributed by atoms with Crippen LogP contribution in [0.1, 0.15) is 44.6 Å². The van der Waals surface area contributed by atoms with Gasteiger partial charge in [-0.2, -0.15) is 0 Å². The van der Waals surface area contributed by atoms with E-state index in [-0.39, 0.29) is 5.54 Å². The van der Waals surface area contributed by atoms with Crippen molar-refractivity contribution >= 4 is 15.9 Å². The molecule has 23 heavy (non-hydrogen) atoms. The van der Waals surface area contributed by atoms with Gasteiger partial charge in [0, 0.05) is 22.6 Å². The Balaban J connectivity index is 2.14. The van der Waals surface area contributed by atoms with Crippen molar-refractivity contribution in [3.8, 4) is 0 Å². The zero-order valence-corrected chi connectivity index (χ0v) is 16.5. The van der Waals surface area contributed by atoms with E-state index in [1.165, 1.54) is 44.2 Å². The van der Waals surface area contributed by atoms with E-state index in [2.05, 4.69) is 83.7 Å². The third kappa shape index (κ3) is 4.26. The Morgan fingerprint density at radius 1 is 1.22 bits per heavy atom. The summed E-state index contributed by atoms with van der Waals surface area (Å²) in [5, 5.41) is 0. The van der Waals surface area contributed by atoms with Gasteiger partial charge in [-0.1, -0.05) is 41.1 Å². The van der Waals surface area contributed by atoms with Gasteiger partial charge in [-0.25, -0.2) is 0 Å². The molecule has 0 aliphatic heterocycles. The number of halogens is 1. The highest BCUT2D eigenvalue weighted by Gasteiger charge is 2.39. The summed E-state index contributed by atoms with van der Waals surface area (Å²) >= 11 is 3.56. The van der Waals surface area contributed by atoms with Gasteiger partial charge in [-0.3, -0.25) is 9.80 Å². The first kappa shape index (κ1) is 18.7. The molecule has 2 rings (SSSR count). The van der Waals surface area contributed by atoms with E-state index >= 15 is 0 Å². The fourth-order valence-electron chi connectivity index (χ4n) is 4.08. The van der Waals surface area contributed by atoms with Crippen LogP contribution in [-0.4, -0.2) is 43.0 Å². The van der Waals surface area contributed by atoms with E-state index in [4.69, 9.17) is 0 Å². The predicted octanol–water partition coefficient (Wildman–Crippen LogP) is 5.05. The minimum Gasteiger partial charge on any atom is -0.300 e. The molecular weight excluding hydrogens is 348 g/mol. The van der Waals surface area contributed by atoms with Crippen LogP contribution in [0.15, 0.2) is 41.4 Å². The van der Waals surface area contributed by atoms with E-state index in [0.29, 0.717) is 6.04 Å². The maximum absolute atomic E-state index is 3.94. The van der Waals surface area contributed by atoms with Gasteiger partial charge in [0.15, 0.2) is 0 Å². The average Bonchev–Trinajstić information content (AvgIpc) is 2.55. The lowest BCUT2D eigenvalue weighted by molar-refractivity contribution is 0.0528. The number of benzene rings is 1. The van der Waals surface area contributed by atoms with E-state index in [9.17, 15) is 0 Å². The standard InChI is InChI=1S/C20H31BrN2/c1-5-15-23(16-6-2)19-11-13-20(14-12-19,22(3)4)17-7-9-18(21)10-8-17/h5,7-10,19H,1,6,11-16H2,2-4H3. The summed E-state index contributed by atoms with van der Waals surface area (Å²) in [6.45, 7) is 8.41. The third-order valence-corrected chi connectivity index (χ3v) is 5.94. The van der Waals surface area contributed by atoms with Gasteiger partial charge in [-0.15, -0.1) is 6.58 Å². The van der Waals surface area contributed by atoms with E-state index in [0.717, 1.165) is 11.0 Å². The van der Waals surface area contributed by atoms with Gasteiger partial charge >= 0.3 is 0 Å². The quantitative estimate of drug-likeness (QED) is 0.612. The topological polar surface area (TPSA) is 6.48 Å². The summed E-state index contributed by atoms with van der Waals surface area (Å²) < 4.78 is 1.16. The van der Waals surface area contributed by atoms with Gasteiger partial charge in [0.05, 0.1) is 0 Å². The van der Waals surface area contributed by atoms with E-state index in [1.807, 2.05) is 0 Å². The molecule has 3 heteroatoms. The molecule has 0 amide bonds. The van der Waals surface area contributed by atoms with Crippen molar-refractivity contribution in [3.63, 3.8) is 0 Å². The second kappa shape index (κ2) is 8.46. The normalized spacial score (nSPS) is 25.0. The van der Waals surface area contributed by atoms with Gasteiger partial charge in [0.1, 0.15) is 0 Å². The second-order valence-electron chi connectivity index (χ2n) is 6.95. The molecule has 1 aromatic rings. The number of hydrogen-bond donors (Lipinski definition) is 0. The maximum atomic E-state index is 3.94. The van der Waals surface area contributed by atoms with Crippen LogP contribution in [-0.2, 0) is 5.54 Å². The minimum atomic E-state index is 0.184. The zero-order valence-electron chi connectivity index (χ0n) is 14.9. The second-order valence-corrected chi connectivity index (χ2v) is 7.86. The summed E-state index contributed by atoms with van der Waals surface area (Å²) in [4.78, 5) is 5.05. The van der Waals surface area contributed by atoms with Crippen LogP contribution in [0.3, 0.4) is 0 Å². The van der Waals surface area contributed by atoms with Crippen LogP contribution < -0.4 is 0 Å². The molecule has 1 aliphatic carbocycles. The smallest absolute Gasteiger partial charge is 0.0455 e. The Kier molecular flexibility index (Phi) is 6.87.